The zero-order valence-electron chi connectivity index (χ0n) is 6.55. The molecule has 0 radical (unpaired) electrons. The Kier molecular flexibility index (Phi) is 4.18. The van der Waals surface area contributed by atoms with Gasteiger partial charge in [0.2, 0.25) is 0 Å². The predicted octanol–water partition coefficient (Wildman–Crippen LogP) is 4.83. The maximum atomic E-state index is 12.6. The van der Waals surface area contributed by atoms with E-state index in [0.29, 0.717) is 0 Å². The van der Waals surface area contributed by atoms with Gasteiger partial charge in [0.1, 0.15) is 0 Å². The summed E-state index contributed by atoms with van der Waals surface area (Å²) in [7, 11) is 0. The van der Waals surface area contributed by atoms with Crippen molar-refractivity contribution in [2.24, 2.45) is 0 Å². The Morgan fingerprint density at radius 3 is 1.40 bits per heavy atom. The highest BCUT2D eigenvalue weighted by Crippen LogP contribution is 2.49. The smallest absolute Gasteiger partial charge is 0.418 e. The van der Waals surface area contributed by atoms with E-state index in [-0.39, 0.29) is 17.9 Å². The molecule has 0 N–H and O–H groups in total. The Labute approximate surface area is 117 Å². The lowest BCUT2D eigenvalue weighted by Crippen LogP contribution is -2.09. The lowest BCUT2D eigenvalue weighted by molar-refractivity contribution is -0.270. The number of halogens is 7. The zero-order chi connectivity index (χ0) is 12.0. The van der Waals surface area contributed by atoms with E-state index < -0.39 is 17.5 Å². The molecule has 0 unspecified atom stereocenters. The van der Waals surface area contributed by atoms with Crippen LogP contribution in [-0.2, 0) is 6.18 Å². The van der Waals surface area contributed by atoms with Gasteiger partial charge >= 0.3 is 6.18 Å². The van der Waals surface area contributed by atoms with Crippen LogP contribution in [-0.4, -0.2) is 0 Å². The Bertz CT molecular complexity index is 387. The molecule has 0 bridgehead atoms. The van der Waals surface area contributed by atoms with Gasteiger partial charge in [0.15, 0.2) is 0 Å². The van der Waals surface area contributed by atoms with Crippen LogP contribution in [0.25, 0.3) is 0 Å². The van der Waals surface area contributed by atoms with Gasteiger partial charge in [0.05, 0.1) is 5.56 Å². The summed E-state index contributed by atoms with van der Waals surface area (Å²) in [5.74, 6) is -0.554. The van der Waals surface area contributed by atoms with E-state index in [1.54, 1.807) is 0 Å². The number of hydrogen-bond acceptors (Lipinski definition) is 1. The highest BCUT2D eigenvalue weighted by Gasteiger charge is 2.37. The van der Waals surface area contributed by atoms with Gasteiger partial charge in [-0.25, -0.2) is 0 Å². The molecule has 0 fully saturated rings. The van der Waals surface area contributed by atoms with Crippen LogP contribution >= 0.6 is 63.7 Å². The molecule has 0 aliphatic heterocycles. The summed E-state index contributed by atoms with van der Waals surface area (Å²) in [6.07, 6.45) is -4.55. The van der Waals surface area contributed by atoms with Crippen LogP contribution in [0.2, 0.25) is 0 Å². The second-order valence-corrected chi connectivity index (χ2v) is 5.63. The van der Waals surface area contributed by atoms with Crippen molar-refractivity contribution < 1.29 is 18.3 Å². The molecule has 1 aromatic rings. The minimum Gasteiger partial charge on any atom is -0.871 e. The van der Waals surface area contributed by atoms with E-state index in [2.05, 4.69) is 63.7 Å². The number of benzene rings is 1. The van der Waals surface area contributed by atoms with Crippen molar-refractivity contribution in [2.45, 2.75) is 6.18 Å². The molecule has 0 saturated heterocycles. The third kappa shape index (κ3) is 2.53. The van der Waals surface area contributed by atoms with Crippen LogP contribution in [0.15, 0.2) is 17.9 Å². The van der Waals surface area contributed by atoms with Crippen molar-refractivity contribution in [3.63, 3.8) is 0 Å². The van der Waals surface area contributed by atoms with Crippen molar-refractivity contribution in [2.75, 3.05) is 0 Å². The minimum absolute atomic E-state index is 0.162. The standard InChI is InChI=1S/C7HBr4F3O/c8-2-1(7(12,13)14)3(9)5(11)6(15)4(2)10/h15H/p-1. The van der Waals surface area contributed by atoms with Gasteiger partial charge in [-0.15, -0.1) is 0 Å². The van der Waals surface area contributed by atoms with Crippen molar-refractivity contribution >= 4 is 63.7 Å². The largest absolute Gasteiger partial charge is 0.871 e. The van der Waals surface area contributed by atoms with Gasteiger partial charge in [-0.1, -0.05) is 37.6 Å². The molecular weight excluding hydrogens is 477 g/mol. The number of hydrogen-bond donors (Lipinski definition) is 0. The van der Waals surface area contributed by atoms with E-state index in [4.69, 9.17) is 0 Å². The normalized spacial score (nSPS) is 11.9. The minimum atomic E-state index is -4.55. The maximum Gasteiger partial charge on any atom is 0.418 e. The fourth-order valence-electron chi connectivity index (χ4n) is 0.860. The van der Waals surface area contributed by atoms with Crippen molar-refractivity contribution in [3.05, 3.63) is 23.5 Å². The average Bonchev–Trinajstić information content (AvgIpc) is 2.09. The molecule has 84 valence electrons. The Morgan fingerprint density at radius 2 is 1.13 bits per heavy atom. The first-order valence-corrected chi connectivity index (χ1v) is 6.45. The quantitative estimate of drug-likeness (QED) is 0.492. The first-order chi connectivity index (χ1) is 6.68. The summed E-state index contributed by atoms with van der Waals surface area (Å²) in [6, 6.07) is 0. The van der Waals surface area contributed by atoms with E-state index >= 15 is 0 Å². The van der Waals surface area contributed by atoms with Crippen LogP contribution in [0.3, 0.4) is 0 Å². The highest BCUT2D eigenvalue weighted by atomic mass is 79.9. The van der Waals surface area contributed by atoms with Gasteiger partial charge in [0, 0.05) is 17.9 Å². The molecule has 0 saturated carbocycles. The van der Waals surface area contributed by atoms with E-state index in [0.717, 1.165) is 0 Å². The van der Waals surface area contributed by atoms with Gasteiger partial charge in [-0.3, -0.25) is 0 Å². The van der Waals surface area contributed by atoms with E-state index in [9.17, 15) is 18.3 Å². The molecule has 0 spiro atoms. The van der Waals surface area contributed by atoms with Crippen molar-refractivity contribution in [3.8, 4) is 5.75 Å². The number of alkyl halides is 3. The zero-order valence-corrected chi connectivity index (χ0v) is 12.9. The van der Waals surface area contributed by atoms with Crippen LogP contribution in [0.4, 0.5) is 13.2 Å². The number of rotatable bonds is 0. The molecule has 8 heteroatoms. The van der Waals surface area contributed by atoms with Crippen molar-refractivity contribution in [1.29, 1.82) is 0 Å². The van der Waals surface area contributed by atoms with Crippen LogP contribution in [0.5, 0.6) is 5.75 Å². The molecule has 0 amide bonds. The summed E-state index contributed by atoms with van der Waals surface area (Å²) >= 11 is 11.1. The lowest BCUT2D eigenvalue weighted by Gasteiger charge is -2.20. The first-order valence-electron chi connectivity index (χ1n) is 3.28. The maximum absolute atomic E-state index is 12.6. The SMILES string of the molecule is [O-]c1c(Br)c(Br)c(C(F)(F)F)c(Br)c1Br. The molecule has 0 atom stereocenters. The lowest BCUT2D eigenvalue weighted by atomic mass is 10.2. The van der Waals surface area contributed by atoms with Gasteiger partial charge in [-0.2, -0.15) is 13.2 Å². The monoisotopic (exact) mass is 473 g/mol. The molecule has 0 heterocycles. The summed E-state index contributed by atoms with van der Waals surface area (Å²) < 4.78 is 36.8. The summed E-state index contributed by atoms with van der Waals surface area (Å²) in [5.41, 5.74) is -0.930. The molecule has 0 aromatic heterocycles. The summed E-state index contributed by atoms with van der Waals surface area (Å²) in [5, 5.41) is 11.4. The molecule has 0 aliphatic carbocycles. The predicted molar refractivity (Wildman–Crippen MR) is 61.7 cm³/mol. The fraction of sp³-hybridized carbons (Fsp3) is 0.143. The molecule has 1 rings (SSSR count). The molecule has 1 aromatic carbocycles. The van der Waals surface area contributed by atoms with E-state index in [1.165, 1.54) is 0 Å². The van der Waals surface area contributed by atoms with Gasteiger partial charge < -0.3 is 5.11 Å². The summed E-state index contributed by atoms with van der Waals surface area (Å²) in [6.45, 7) is 0. The third-order valence-corrected chi connectivity index (χ3v) is 5.67. The second-order valence-electron chi connectivity index (χ2n) is 2.46. The molecule has 1 nitrogen and oxygen atoms in total. The summed E-state index contributed by atoms with van der Waals surface area (Å²) in [4.78, 5) is 0. The first kappa shape index (κ1) is 13.8. The van der Waals surface area contributed by atoms with Crippen molar-refractivity contribution in [1.82, 2.24) is 0 Å². The Morgan fingerprint density at radius 1 is 0.800 bits per heavy atom. The average molecular weight is 477 g/mol. The van der Waals surface area contributed by atoms with Crippen LogP contribution < -0.4 is 5.11 Å². The third-order valence-electron chi connectivity index (χ3n) is 1.51. The Hall–Kier alpha value is 0.730. The van der Waals surface area contributed by atoms with E-state index in [1.807, 2.05) is 0 Å². The van der Waals surface area contributed by atoms with Crippen LogP contribution in [0, 0.1) is 0 Å². The highest BCUT2D eigenvalue weighted by molar-refractivity contribution is 9.14. The Balaban J connectivity index is 3.68. The molecule has 15 heavy (non-hydrogen) atoms. The second kappa shape index (κ2) is 4.54. The topological polar surface area (TPSA) is 23.1 Å². The van der Waals surface area contributed by atoms with Crippen LogP contribution in [0.1, 0.15) is 5.56 Å². The molecular formula is C7Br4F3O-. The molecule has 0 aliphatic rings. The van der Waals surface area contributed by atoms with Gasteiger partial charge in [-0.05, 0) is 31.9 Å². The van der Waals surface area contributed by atoms with Gasteiger partial charge in [0.25, 0.3) is 0 Å². The fourth-order valence-corrected chi connectivity index (χ4v) is 3.39.